The van der Waals surface area contributed by atoms with Gasteiger partial charge in [0.15, 0.2) is 11.5 Å². The zero-order chi connectivity index (χ0) is 10.6. The number of benzene rings is 1. The highest BCUT2D eigenvalue weighted by Gasteiger charge is 2.05. The zero-order valence-electron chi connectivity index (χ0n) is 8.41. The number of ether oxygens (including phenoxy) is 2. The monoisotopic (exact) mass is 194 g/mol. The predicted molar refractivity (Wildman–Crippen MR) is 55.3 cm³/mol. The van der Waals surface area contributed by atoms with Crippen molar-refractivity contribution in [2.24, 2.45) is 0 Å². The number of methoxy groups -OCH3 is 1. The van der Waals surface area contributed by atoms with Gasteiger partial charge in [-0.3, -0.25) is 0 Å². The van der Waals surface area contributed by atoms with Crippen molar-refractivity contribution >= 4 is 5.76 Å². The minimum absolute atomic E-state index is 0.112. The Morgan fingerprint density at radius 2 is 2.21 bits per heavy atom. The Labute approximate surface area is 83.6 Å². The molecule has 1 rings (SSSR count). The molecule has 1 aromatic rings. The van der Waals surface area contributed by atoms with Crippen LogP contribution in [0.15, 0.2) is 24.8 Å². The molecular weight excluding hydrogens is 180 g/mol. The normalized spacial score (nSPS) is 9.57. The number of phenols is 1. The van der Waals surface area contributed by atoms with Crippen molar-refractivity contribution in [1.29, 1.82) is 0 Å². The summed E-state index contributed by atoms with van der Waals surface area (Å²) in [5.41, 5.74) is 0.807. The second kappa shape index (κ2) is 4.56. The smallest absolute Gasteiger partial charge is 0.161 e. The van der Waals surface area contributed by atoms with Gasteiger partial charge in [-0.2, -0.15) is 0 Å². The quantitative estimate of drug-likeness (QED) is 0.748. The summed E-state index contributed by atoms with van der Waals surface area (Å²) < 4.78 is 10.2. The fraction of sp³-hybridized carbons (Fsp3) is 0.273. The van der Waals surface area contributed by atoms with Gasteiger partial charge in [-0.25, -0.2) is 0 Å². The molecule has 0 bridgehead atoms. The lowest BCUT2D eigenvalue weighted by Crippen LogP contribution is -1.91. The van der Waals surface area contributed by atoms with E-state index in [1.165, 1.54) is 7.11 Å². The number of aromatic hydroxyl groups is 1. The maximum absolute atomic E-state index is 9.35. The molecule has 1 N–H and O–H groups in total. The van der Waals surface area contributed by atoms with Crippen molar-refractivity contribution < 1.29 is 14.6 Å². The number of hydrogen-bond donors (Lipinski definition) is 1. The van der Waals surface area contributed by atoms with Gasteiger partial charge in [-0.1, -0.05) is 6.58 Å². The first-order chi connectivity index (χ1) is 6.69. The summed E-state index contributed by atoms with van der Waals surface area (Å²) in [6.07, 6.45) is 0. The second-order valence-corrected chi connectivity index (χ2v) is 2.74. The van der Waals surface area contributed by atoms with Crippen LogP contribution in [0.4, 0.5) is 0 Å². The van der Waals surface area contributed by atoms with Crippen molar-refractivity contribution in [3.8, 4) is 11.5 Å². The van der Waals surface area contributed by atoms with Crippen LogP contribution in [-0.4, -0.2) is 18.8 Å². The molecule has 0 aliphatic rings. The SMILES string of the molecule is C=C(OCC)c1ccc(O)c(OC)c1. The van der Waals surface area contributed by atoms with Crippen molar-refractivity contribution in [3.05, 3.63) is 30.3 Å². The summed E-state index contributed by atoms with van der Waals surface area (Å²) in [5.74, 6) is 1.11. The molecule has 0 unspecified atom stereocenters. The second-order valence-electron chi connectivity index (χ2n) is 2.74. The van der Waals surface area contributed by atoms with E-state index in [-0.39, 0.29) is 5.75 Å². The van der Waals surface area contributed by atoms with Gasteiger partial charge in [-0.15, -0.1) is 0 Å². The summed E-state index contributed by atoms with van der Waals surface area (Å²) in [7, 11) is 1.50. The average Bonchev–Trinajstić information content (AvgIpc) is 2.19. The lowest BCUT2D eigenvalue weighted by atomic mass is 10.2. The first kappa shape index (κ1) is 10.4. The van der Waals surface area contributed by atoms with Crippen molar-refractivity contribution in [1.82, 2.24) is 0 Å². The first-order valence-corrected chi connectivity index (χ1v) is 4.38. The van der Waals surface area contributed by atoms with Crippen LogP contribution in [0.25, 0.3) is 5.76 Å². The van der Waals surface area contributed by atoms with Crippen LogP contribution in [0.3, 0.4) is 0 Å². The number of rotatable bonds is 4. The topological polar surface area (TPSA) is 38.7 Å². The zero-order valence-corrected chi connectivity index (χ0v) is 8.41. The van der Waals surface area contributed by atoms with Crippen LogP contribution in [-0.2, 0) is 4.74 Å². The lowest BCUT2D eigenvalue weighted by Gasteiger charge is -2.09. The molecule has 0 heterocycles. The van der Waals surface area contributed by atoms with Crippen molar-refractivity contribution in [3.63, 3.8) is 0 Å². The van der Waals surface area contributed by atoms with Gasteiger partial charge < -0.3 is 14.6 Å². The summed E-state index contributed by atoms with van der Waals surface area (Å²) in [4.78, 5) is 0. The van der Waals surface area contributed by atoms with E-state index in [4.69, 9.17) is 9.47 Å². The Kier molecular flexibility index (Phi) is 3.40. The summed E-state index contributed by atoms with van der Waals surface area (Å²) in [5, 5.41) is 9.35. The highest BCUT2D eigenvalue weighted by molar-refractivity contribution is 5.61. The Balaban J connectivity index is 2.94. The van der Waals surface area contributed by atoms with E-state index in [9.17, 15) is 5.11 Å². The largest absolute Gasteiger partial charge is 0.504 e. The molecule has 0 radical (unpaired) electrons. The molecule has 0 atom stereocenters. The van der Waals surface area contributed by atoms with Gasteiger partial charge in [0.1, 0.15) is 5.76 Å². The fourth-order valence-corrected chi connectivity index (χ4v) is 1.11. The summed E-state index contributed by atoms with van der Waals surface area (Å²) in [6, 6.07) is 4.97. The molecule has 0 amide bonds. The van der Waals surface area contributed by atoms with Crippen LogP contribution in [0.5, 0.6) is 11.5 Å². The van der Waals surface area contributed by atoms with Gasteiger partial charge in [0.05, 0.1) is 13.7 Å². The van der Waals surface area contributed by atoms with Gasteiger partial charge >= 0.3 is 0 Å². The van der Waals surface area contributed by atoms with Crippen LogP contribution < -0.4 is 4.74 Å². The van der Waals surface area contributed by atoms with Crippen LogP contribution in [0.1, 0.15) is 12.5 Å². The Hall–Kier alpha value is -1.64. The van der Waals surface area contributed by atoms with E-state index in [1.807, 2.05) is 6.92 Å². The van der Waals surface area contributed by atoms with E-state index < -0.39 is 0 Å². The first-order valence-electron chi connectivity index (χ1n) is 4.38. The maximum atomic E-state index is 9.35. The molecule has 0 aliphatic carbocycles. The van der Waals surface area contributed by atoms with E-state index in [1.54, 1.807) is 18.2 Å². The third kappa shape index (κ3) is 2.19. The summed E-state index contributed by atoms with van der Waals surface area (Å²) >= 11 is 0. The van der Waals surface area contributed by atoms with Crippen LogP contribution in [0, 0.1) is 0 Å². The molecule has 0 saturated heterocycles. The Morgan fingerprint density at radius 3 is 2.79 bits per heavy atom. The molecule has 0 saturated carbocycles. The van der Waals surface area contributed by atoms with Gasteiger partial charge in [0.25, 0.3) is 0 Å². The number of phenolic OH excluding ortho intramolecular Hbond substituents is 1. The molecule has 14 heavy (non-hydrogen) atoms. The van der Waals surface area contributed by atoms with Crippen LogP contribution >= 0.6 is 0 Å². The maximum Gasteiger partial charge on any atom is 0.161 e. The molecule has 76 valence electrons. The van der Waals surface area contributed by atoms with E-state index >= 15 is 0 Å². The third-order valence-corrected chi connectivity index (χ3v) is 1.82. The highest BCUT2D eigenvalue weighted by atomic mass is 16.5. The van der Waals surface area contributed by atoms with Crippen molar-refractivity contribution in [2.45, 2.75) is 6.92 Å². The standard InChI is InChI=1S/C11H14O3/c1-4-14-8(2)9-5-6-10(12)11(7-9)13-3/h5-7,12H,2,4H2,1,3H3. The van der Waals surface area contributed by atoms with E-state index in [0.717, 1.165) is 5.56 Å². The number of hydrogen-bond acceptors (Lipinski definition) is 3. The fourth-order valence-electron chi connectivity index (χ4n) is 1.11. The molecule has 3 heteroatoms. The van der Waals surface area contributed by atoms with Gasteiger partial charge in [0, 0.05) is 5.56 Å². The van der Waals surface area contributed by atoms with Gasteiger partial charge in [0.2, 0.25) is 0 Å². The molecular formula is C11H14O3. The molecule has 0 aromatic heterocycles. The molecule has 3 nitrogen and oxygen atoms in total. The Bertz CT molecular complexity index is 331. The molecule has 1 aromatic carbocycles. The average molecular weight is 194 g/mol. The molecule has 0 fully saturated rings. The predicted octanol–water partition coefficient (Wildman–Crippen LogP) is 2.41. The third-order valence-electron chi connectivity index (χ3n) is 1.82. The van der Waals surface area contributed by atoms with E-state index in [0.29, 0.717) is 18.1 Å². The molecule has 0 aliphatic heterocycles. The molecule has 0 spiro atoms. The van der Waals surface area contributed by atoms with E-state index in [2.05, 4.69) is 6.58 Å². The van der Waals surface area contributed by atoms with Crippen LogP contribution in [0.2, 0.25) is 0 Å². The highest BCUT2D eigenvalue weighted by Crippen LogP contribution is 2.28. The van der Waals surface area contributed by atoms with Gasteiger partial charge in [-0.05, 0) is 25.1 Å². The minimum atomic E-state index is 0.112. The summed E-state index contributed by atoms with van der Waals surface area (Å²) in [6.45, 7) is 6.22. The van der Waals surface area contributed by atoms with Crippen molar-refractivity contribution in [2.75, 3.05) is 13.7 Å². The minimum Gasteiger partial charge on any atom is -0.504 e. The Morgan fingerprint density at radius 1 is 1.50 bits per heavy atom. The lowest BCUT2D eigenvalue weighted by molar-refractivity contribution is 0.298.